The molecule has 5 rings (SSSR count). The lowest BCUT2D eigenvalue weighted by molar-refractivity contribution is -0.384. The van der Waals surface area contributed by atoms with Crippen LogP contribution in [-0.4, -0.2) is 46.7 Å². The maximum absolute atomic E-state index is 13.9. The molecule has 0 N–H and O–H groups in total. The van der Waals surface area contributed by atoms with Crippen LogP contribution in [0.5, 0.6) is 0 Å². The predicted molar refractivity (Wildman–Crippen MR) is 149 cm³/mol. The summed E-state index contributed by atoms with van der Waals surface area (Å²) in [5.41, 5.74) is -0.215. The van der Waals surface area contributed by atoms with Gasteiger partial charge in [0.2, 0.25) is 0 Å². The number of imide groups is 1. The maximum atomic E-state index is 13.9. The molecule has 1 aliphatic heterocycles. The van der Waals surface area contributed by atoms with Crippen LogP contribution < -0.4 is 0 Å². The van der Waals surface area contributed by atoms with Gasteiger partial charge in [-0.1, -0.05) is 81.7 Å². The first-order valence-corrected chi connectivity index (χ1v) is 13.8. The molecule has 2 bridgehead atoms. The minimum atomic E-state index is -2.16. The number of hydrazine groups is 1. The summed E-state index contributed by atoms with van der Waals surface area (Å²) in [6.45, 7) is -0.387. The second-order valence-corrected chi connectivity index (χ2v) is 13.1. The number of fused-ring (bicyclic) bond motifs is 5. The van der Waals surface area contributed by atoms with E-state index in [1.54, 1.807) is 0 Å². The Bertz CT molecular complexity index is 1490. The van der Waals surface area contributed by atoms with E-state index in [9.17, 15) is 24.5 Å². The SMILES string of the molecule is O=C(c1cccc([N+](=O)[O-])c1)N(Cc1ccc(Cl)c(Cl)c1)N1C(=O)[C@@H]2[C@H](C1=O)[C@@]1(Cl)C(Cl)=C(Cl)[C@@]2(Cl)C1(Cl)Cl. The Labute approximate surface area is 260 Å². The van der Waals surface area contributed by atoms with Gasteiger partial charge in [-0.05, 0) is 23.8 Å². The molecule has 4 atom stereocenters. The Kier molecular flexibility index (Phi) is 7.09. The van der Waals surface area contributed by atoms with Crippen LogP contribution in [0.15, 0.2) is 52.5 Å². The van der Waals surface area contributed by atoms with Crippen LogP contribution in [0.2, 0.25) is 10.0 Å². The number of non-ortho nitro benzene ring substituents is 1. The molecule has 3 aliphatic rings. The molecular formula is C23H11Cl8N3O5. The van der Waals surface area contributed by atoms with Crippen LogP contribution in [0.1, 0.15) is 15.9 Å². The number of carbonyl (C=O) groups excluding carboxylic acids is 3. The van der Waals surface area contributed by atoms with Crippen LogP contribution in [0.3, 0.4) is 0 Å². The smallest absolute Gasteiger partial charge is 0.272 e. The standard InChI is InChI=1S/C23H11Cl8N3O5/c24-12-5-4-9(6-13(12)25)8-32(18(35)10-2-1-3-11(7-10)34(38)39)33-19(36)14-15(20(33)37)22(29)17(27)16(26)21(14,28)23(22,30)31/h1-7,14-15H,8H2/t14-,15+,21-,22-/m1/s1. The molecule has 1 saturated heterocycles. The predicted octanol–water partition coefficient (Wildman–Crippen LogP) is 6.91. The molecule has 1 saturated carbocycles. The topological polar surface area (TPSA) is 101 Å². The second kappa shape index (κ2) is 9.53. The van der Waals surface area contributed by atoms with Gasteiger partial charge in [-0.3, -0.25) is 24.5 Å². The number of rotatable bonds is 5. The lowest BCUT2D eigenvalue weighted by Gasteiger charge is -2.37. The molecule has 3 amide bonds. The van der Waals surface area contributed by atoms with Gasteiger partial charge in [0, 0.05) is 17.7 Å². The monoisotopic (exact) mass is 689 g/mol. The molecular weight excluding hydrogens is 682 g/mol. The zero-order valence-electron chi connectivity index (χ0n) is 18.8. The normalized spacial score (nSPS) is 28.8. The molecule has 0 unspecified atom stereocenters. The van der Waals surface area contributed by atoms with E-state index >= 15 is 0 Å². The highest BCUT2D eigenvalue weighted by Crippen LogP contribution is 2.77. The number of nitro benzene ring substituents is 1. The first-order valence-electron chi connectivity index (χ1n) is 10.8. The summed E-state index contributed by atoms with van der Waals surface area (Å²) in [4.78, 5) is 48.0. The van der Waals surface area contributed by atoms with E-state index in [0.717, 1.165) is 11.1 Å². The van der Waals surface area contributed by atoms with E-state index in [-0.39, 0.29) is 37.9 Å². The average Bonchev–Trinajstić information content (AvgIpc) is 3.27. The average molecular weight is 693 g/mol. The third-order valence-electron chi connectivity index (χ3n) is 6.98. The molecule has 16 heteroatoms. The summed E-state index contributed by atoms with van der Waals surface area (Å²) in [5.74, 6) is -5.88. The van der Waals surface area contributed by atoms with Crippen molar-refractivity contribution < 1.29 is 19.3 Å². The Morgan fingerprint density at radius 1 is 0.897 bits per heavy atom. The second-order valence-electron chi connectivity index (χ2n) is 8.99. The van der Waals surface area contributed by atoms with Crippen molar-refractivity contribution in [3.8, 4) is 0 Å². The summed E-state index contributed by atoms with van der Waals surface area (Å²) in [6.07, 6.45) is 0. The van der Waals surface area contributed by atoms with E-state index in [1.165, 1.54) is 36.4 Å². The molecule has 204 valence electrons. The number of carbonyl (C=O) groups is 3. The number of allylic oxidation sites excluding steroid dienone is 2. The Hall–Kier alpha value is -1.49. The molecule has 2 aromatic carbocycles. The number of amides is 3. The van der Waals surface area contributed by atoms with Crippen LogP contribution >= 0.6 is 92.8 Å². The number of hydrogen-bond donors (Lipinski definition) is 0. The summed E-state index contributed by atoms with van der Waals surface area (Å²) in [7, 11) is 0. The van der Waals surface area contributed by atoms with Gasteiger partial charge in [-0.15, -0.1) is 23.2 Å². The van der Waals surface area contributed by atoms with Gasteiger partial charge < -0.3 is 0 Å². The quantitative estimate of drug-likeness (QED) is 0.147. The van der Waals surface area contributed by atoms with Crippen molar-refractivity contribution in [2.75, 3.05) is 0 Å². The number of nitro groups is 1. The highest BCUT2D eigenvalue weighted by Gasteiger charge is 2.88. The van der Waals surface area contributed by atoms with E-state index in [1.807, 2.05) is 0 Å². The van der Waals surface area contributed by atoms with Crippen molar-refractivity contribution in [3.05, 3.63) is 83.8 Å². The number of halogens is 8. The lowest BCUT2D eigenvalue weighted by atomic mass is 9.84. The summed E-state index contributed by atoms with van der Waals surface area (Å²) in [5, 5.41) is 12.5. The maximum Gasteiger partial charge on any atom is 0.273 e. The fourth-order valence-electron chi connectivity index (χ4n) is 5.16. The molecule has 0 radical (unpaired) electrons. The van der Waals surface area contributed by atoms with Gasteiger partial charge in [0.05, 0.1) is 43.4 Å². The Morgan fingerprint density at radius 3 is 1.97 bits per heavy atom. The summed E-state index contributed by atoms with van der Waals surface area (Å²) >= 11 is 51.5. The number of alkyl halides is 4. The molecule has 8 nitrogen and oxygen atoms in total. The highest BCUT2D eigenvalue weighted by atomic mass is 35.5. The van der Waals surface area contributed by atoms with Gasteiger partial charge in [0.25, 0.3) is 23.4 Å². The Morgan fingerprint density at radius 2 is 1.46 bits per heavy atom. The Balaban J connectivity index is 1.63. The van der Waals surface area contributed by atoms with Crippen molar-refractivity contribution in [2.24, 2.45) is 11.8 Å². The molecule has 2 fully saturated rings. The molecule has 0 aromatic heterocycles. The van der Waals surface area contributed by atoms with E-state index in [2.05, 4.69) is 0 Å². The summed E-state index contributed by atoms with van der Waals surface area (Å²) in [6, 6.07) is 9.15. The van der Waals surface area contributed by atoms with E-state index < -0.39 is 48.6 Å². The van der Waals surface area contributed by atoms with E-state index in [4.69, 9.17) is 92.8 Å². The first-order chi connectivity index (χ1) is 18.1. The molecule has 0 spiro atoms. The van der Waals surface area contributed by atoms with Crippen LogP contribution in [0, 0.1) is 22.0 Å². The first kappa shape index (κ1) is 29.0. The van der Waals surface area contributed by atoms with E-state index in [0.29, 0.717) is 10.6 Å². The van der Waals surface area contributed by atoms with Gasteiger partial charge >= 0.3 is 0 Å². The minimum Gasteiger partial charge on any atom is -0.272 e. The third-order valence-corrected chi connectivity index (χ3v) is 12.0. The fraction of sp³-hybridized carbons (Fsp3) is 0.261. The largest absolute Gasteiger partial charge is 0.273 e. The number of benzene rings is 2. The number of hydrogen-bond acceptors (Lipinski definition) is 5. The fourth-order valence-corrected chi connectivity index (χ4v) is 8.41. The molecule has 1 heterocycles. The molecule has 2 aromatic rings. The van der Waals surface area contributed by atoms with Gasteiger partial charge in [-0.2, -0.15) is 5.01 Å². The van der Waals surface area contributed by atoms with Crippen LogP contribution in [0.4, 0.5) is 5.69 Å². The van der Waals surface area contributed by atoms with Gasteiger partial charge in [0.1, 0.15) is 9.75 Å². The molecule has 39 heavy (non-hydrogen) atoms. The van der Waals surface area contributed by atoms with Crippen LogP contribution in [-0.2, 0) is 16.1 Å². The minimum absolute atomic E-state index is 0.141. The van der Waals surface area contributed by atoms with Crippen LogP contribution in [0.25, 0.3) is 0 Å². The third kappa shape index (κ3) is 3.76. The zero-order chi connectivity index (χ0) is 28.8. The van der Waals surface area contributed by atoms with Crippen molar-refractivity contribution in [3.63, 3.8) is 0 Å². The van der Waals surface area contributed by atoms with Crippen molar-refractivity contribution >= 4 is 116 Å². The summed E-state index contributed by atoms with van der Waals surface area (Å²) < 4.78 is -2.16. The van der Waals surface area contributed by atoms with Gasteiger partial charge in [0.15, 0.2) is 4.33 Å². The van der Waals surface area contributed by atoms with Gasteiger partial charge in [-0.25, -0.2) is 5.01 Å². The van der Waals surface area contributed by atoms with Crippen molar-refractivity contribution in [1.29, 1.82) is 0 Å². The molecule has 2 aliphatic carbocycles. The number of nitrogens with zero attached hydrogens (tertiary/aromatic N) is 3. The van der Waals surface area contributed by atoms with Crippen molar-refractivity contribution in [2.45, 2.75) is 20.6 Å². The zero-order valence-corrected chi connectivity index (χ0v) is 24.9. The lowest BCUT2D eigenvalue weighted by Crippen LogP contribution is -2.55. The highest BCUT2D eigenvalue weighted by molar-refractivity contribution is 6.66. The van der Waals surface area contributed by atoms with Crippen molar-refractivity contribution in [1.82, 2.24) is 10.0 Å².